The fourth-order valence-electron chi connectivity index (χ4n) is 2.46. The van der Waals surface area contributed by atoms with Gasteiger partial charge in [-0.2, -0.15) is 0 Å². The van der Waals surface area contributed by atoms with Crippen molar-refractivity contribution < 1.29 is 9.13 Å². The van der Waals surface area contributed by atoms with E-state index in [4.69, 9.17) is 10.5 Å². The van der Waals surface area contributed by atoms with E-state index >= 15 is 0 Å². The van der Waals surface area contributed by atoms with Crippen LogP contribution in [-0.4, -0.2) is 26.3 Å². The van der Waals surface area contributed by atoms with Crippen LogP contribution in [0.2, 0.25) is 0 Å². The molecule has 2 atom stereocenters. The molecule has 1 aromatic carbocycles. The number of benzene rings is 1. The average Bonchev–Trinajstić information content (AvgIpc) is 2.80. The molecule has 3 nitrogen and oxygen atoms in total. The maximum absolute atomic E-state index is 13.7. The Labute approximate surface area is 108 Å². The molecule has 4 heteroatoms. The van der Waals surface area contributed by atoms with Gasteiger partial charge in [-0.05, 0) is 43.5 Å². The van der Waals surface area contributed by atoms with Crippen LogP contribution in [-0.2, 0) is 4.74 Å². The number of hydrogen-bond acceptors (Lipinski definition) is 3. The number of rotatable bonds is 3. The monoisotopic (exact) mass is 252 g/mol. The Hall–Kier alpha value is -1.13. The van der Waals surface area contributed by atoms with Gasteiger partial charge in [0.2, 0.25) is 0 Å². The Morgan fingerprint density at radius 3 is 2.78 bits per heavy atom. The third kappa shape index (κ3) is 2.49. The van der Waals surface area contributed by atoms with Crippen molar-refractivity contribution >= 4 is 5.69 Å². The summed E-state index contributed by atoms with van der Waals surface area (Å²) in [6.45, 7) is 5.45. The van der Waals surface area contributed by atoms with Gasteiger partial charge in [-0.3, -0.25) is 0 Å². The molecule has 1 aliphatic heterocycles. The summed E-state index contributed by atoms with van der Waals surface area (Å²) in [5.74, 6) is -0.187. The summed E-state index contributed by atoms with van der Waals surface area (Å²) < 4.78 is 19.0. The molecule has 0 saturated carbocycles. The van der Waals surface area contributed by atoms with Crippen LogP contribution >= 0.6 is 0 Å². The second kappa shape index (κ2) is 5.24. The molecule has 0 amide bonds. The molecule has 18 heavy (non-hydrogen) atoms. The fraction of sp³-hybridized carbons (Fsp3) is 0.571. The number of ether oxygens (including phenoxy) is 1. The van der Waals surface area contributed by atoms with Gasteiger partial charge in [0.1, 0.15) is 5.82 Å². The van der Waals surface area contributed by atoms with E-state index in [1.165, 1.54) is 0 Å². The molecular weight excluding hydrogens is 231 g/mol. The van der Waals surface area contributed by atoms with Crippen LogP contribution in [0.4, 0.5) is 10.1 Å². The van der Waals surface area contributed by atoms with Crippen LogP contribution in [0.1, 0.15) is 30.5 Å². The zero-order valence-electron chi connectivity index (χ0n) is 11.2. The van der Waals surface area contributed by atoms with E-state index in [2.05, 4.69) is 4.90 Å². The van der Waals surface area contributed by atoms with Crippen LogP contribution in [0.25, 0.3) is 0 Å². The van der Waals surface area contributed by atoms with Crippen LogP contribution in [0.3, 0.4) is 0 Å². The smallest absolute Gasteiger partial charge is 0.126 e. The number of hydrogen-bond donors (Lipinski definition) is 1. The molecule has 1 aliphatic rings. The van der Waals surface area contributed by atoms with Gasteiger partial charge in [0.15, 0.2) is 0 Å². The van der Waals surface area contributed by atoms with Gasteiger partial charge in [-0.25, -0.2) is 4.39 Å². The van der Waals surface area contributed by atoms with Crippen molar-refractivity contribution in [2.45, 2.75) is 32.4 Å². The highest BCUT2D eigenvalue weighted by atomic mass is 19.1. The molecule has 100 valence electrons. The SMILES string of the molecule is COC1CCN(c2cc(C)c(F)cc2C(C)N)C1. The summed E-state index contributed by atoms with van der Waals surface area (Å²) >= 11 is 0. The van der Waals surface area contributed by atoms with Gasteiger partial charge in [-0.15, -0.1) is 0 Å². The van der Waals surface area contributed by atoms with E-state index in [-0.39, 0.29) is 18.0 Å². The molecular formula is C14H21FN2O. The molecule has 2 N–H and O–H groups in total. The van der Waals surface area contributed by atoms with E-state index in [1.807, 2.05) is 13.0 Å². The summed E-state index contributed by atoms with van der Waals surface area (Å²) in [7, 11) is 1.73. The van der Waals surface area contributed by atoms with Gasteiger partial charge in [-0.1, -0.05) is 0 Å². The maximum atomic E-state index is 13.7. The minimum absolute atomic E-state index is 0.170. The van der Waals surface area contributed by atoms with Crippen LogP contribution in [0.5, 0.6) is 0 Å². The van der Waals surface area contributed by atoms with Crippen molar-refractivity contribution in [3.63, 3.8) is 0 Å². The van der Waals surface area contributed by atoms with E-state index in [0.717, 1.165) is 30.8 Å². The Bertz CT molecular complexity index is 434. The summed E-state index contributed by atoms with van der Waals surface area (Å²) in [5, 5.41) is 0. The van der Waals surface area contributed by atoms with Crippen molar-refractivity contribution in [1.29, 1.82) is 0 Å². The Morgan fingerprint density at radius 1 is 1.50 bits per heavy atom. The molecule has 1 aromatic rings. The number of nitrogens with two attached hydrogens (primary N) is 1. The predicted octanol–water partition coefficient (Wildman–Crippen LogP) is 2.38. The maximum Gasteiger partial charge on any atom is 0.126 e. The summed E-state index contributed by atoms with van der Waals surface area (Å²) in [4.78, 5) is 2.24. The molecule has 0 spiro atoms. The van der Waals surface area contributed by atoms with E-state index in [9.17, 15) is 4.39 Å². The van der Waals surface area contributed by atoms with E-state index in [1.54, 1.807) is 20.1 Å². The van der Waals surface area contributed by atoms with Crippen molar-refractivity contribution in [2.24, 2.45) is 5.73 Å². The lowest BCUT2D eigenvalue weighted by Crippen LogP contribution is -2.25. The Morgan fingerprint density at radius 2 is 2.22 bits per heavy atom. The molecule has 0 radical (unpaired) electrons. The first-order valence-corrected chi connectivity index (χ1v) is 6.36. The largest absolute Gasteiger partial charge is 0.380 e. The average molecular weight is 252 g/mol. The highest BCUT2D eigenvalue weighted by molar-refractivity contribution is 5.57. The Balaban J connectivity index is 2.34. The van der Waals surface area contributed by atoms with Crippen molar-refractivity contribution in [3.05, 3.63) is 29.1 Å². The number of halogens is 1. The van der Waals surface area contributed by atoms with Gasteiger partial charge in [0.25, 0.3) is 0 Å². The first-order valence-electron chi connectivity index (χ1n) is 6.36. The van der Waals surface area contributed by atoms with Gasteiger partial charge >= 0.3 is 0 Å². The lowest BCUT2D eigenvalue weighted by atomic mass is 10.0. The molecule has 2 rings (SSSR count). The lowest BCUT2D eigenvalue weighted by molar-refractivity contribution is 0.121. The first-order chi connectivity index (χ1) is 8.52. The summed E-state index contributed by atoms with van der Waals surface area (Å²) in [6, 6.07) is 3.29. The molecule has 1 heterocycles. The number of aryl methyl sites for hydroxylation is 1. The van der Waals surface area contributed by atoms with Crippen LogP contribution in [0.15, 0.2) is 12.1 Å². The lowest BCUT2D eigenvalue weighted by Gasteiger charge is -2.24. The molecule has 2 unspecified atom stereocenters. The molecule has 0 bridgehead atoms. The number of nitrogens with zero attached hydrogens (tertiary/aromatic N) is 1. The summed E-state index contributed by atoms with van der Waals surface area (Å²) in [5.41, 5.74) is 8.52. The standard InChI is InChI=1S/C14H21FN2O/c1-9-6-14(12(10(2)16)7-13(9)15)17-5-4-11(8-17)18-3/h6-7,10-11H,4-5,8,16H2,1-3H3. The minimum Gasteiger partial charge on any atom is -0.380 e. The third-order valence-corrected chi connectivity index (χ3v) is 3.62. The zero-order valence-corrected chi connectivity index (χ0v) is 11.2. The second-order valence-corrected chi connectivity index (χ2v) is 5.04. The van der Waals surface area contributed by atoms with Crippen molar-refractivity contribution in [2.75, 3.05) is 25.1 Å². The third-order valence-electron chi connectivity index (χ3n) is 3.62. The van der Waals surface area contributed by atoms with E-state index in [0.29, 0.717) is 5.56 Å². The number of methoxy groups -OCH3 is 1. The zero-order chi connectivity index (χ0) is 13.3. The molecule has 1 saturated heterocycles. The van der Waals surface area contributed by atoms with Gasteiger partial charge < -0.3 is 15.4 Å². The van der Waals surface area contributed by atoms with E-state index < -0.39 is 0 Å². The second-order valence-electron chi connectivity index (χ2n) is 5.04. The first kappa shape index (κ1) is 13.3. The Kier molecular flexibility index (Phi) is 3.88. The molecule has 0 aliphatic carbocycles. The van der Waals surface area contributed by atoms with Crippen molar-refractivity contribution in [1.82, 2.24) is 0 Å². The fourth-order valence-corrected chi connectivity index (χ4v) is 2.46. The quantitative estimate of drug-likeness (QED) is 0.897. The highest BCUT2D eigenvalue weighted by Gasteiger charge is 2.25. The topological polar surface area (TPSA) is 38.5 Å². The predicted molar refractivity (Wildman–Crippen MR) is 71.4 cm³/mol. The number of anilines is 1. The summed E-state index contributed by atoms with van der Waals surface area (Å²) in [6.07, 6.45) is 1.27. The van der Waals surface area contributed by atoms with Gasteiger partial charge in [0, 0.05) is 31.9 Å². The molecule has 0 aromatic heterocycles. The normalized spacial score (nSPS) is 21.4. The minimum atomic E-state index is -0.187. The van der Waals surface area contributed by atoms with Crippen molar-refractivity contribution in [3.8, 4) is 0 Å². The van der Waals surface area contributed by atoms with Gasteiger partial charge in [0.05, 0.1) is 6.10 Å². The highest BCUT2D eigenvalue weighted by Crippen LogP contribution is 2.31. The van der Waals surface area contributed by atoms with Crippen LogP contribution in [0, 0.1) is 12.7 Å². The van der Waals surface area contributed by atoms with Crippen LogP contribution < -0.4 is 10.6 Å². The molecule has 1 fully saturated rings.